The number of rotatable bonds is 3. The molecule has 88 valence electrons. The van der Waals surface area contributed by atoms with Gasteiger partial charge in [0.1, 0.15) is 5.41 Å². The van der Waals surface area contributed by atoms with Crippen molar-refractivity contribution in [2.45, 2.75) is 26.3 Å². The molecule has 17 heavy (non-hydrogen) atoms. The van der Waals surface area contributed by atoms with Crippen molar-refractivity contribution in [3.63, 3.8) is 0 Å². The van der Waals surface area contributed by atoms with Gasteiger partial charge < -0.3 is 5.32 Å². The zero-order valence-electron chi connectivity index (χ0n) is 9.68. The number of nitriles is 1. The molecular formula is C12H14N4O. The smallest absolute Gasteiger partial charge is 0.240 e. The van der Waals surface area contributed by atoms with E-state index in [1.54, 1.807) is 18.3 Å². The predicted molar refractivity (Wildman–Crippen MR) is 60.3 cm³/mol. The third-order valence-corrected chi connectivity index (χ3v) is 3.10. The summed E-state index contributed by atoms with van der Waals surface area (Å²) in [6.07, 6.45) is 2.88. The number of amides is 1. The van der Waals surface area contributed by atoms with E-state index >= 15 is 0 Å². The molecule has 1 heterocycles. The van der Waals surface area contributed by atoms with Gasteiger partial charge in [0.15, 0.2) is 0 Å². The van der Waals surface area contributed by atoms with Gasteiger partial charge in [0.05, 0.1) is 18.3 Å². The molecule has 0 spiro atoms. The van der Waals surface area contributed by atoms with Crippen molar-refractivity contribution in [1.29, 1.82) is 5.26 Å². The summed E-state index contributed by atoms with van der Waals surface area (Å²) in [5, 5.41) is 19.4. The molecular weight excluding hydrogens is 216 g/mol. The van der Waals surface area contributed by atoms with Crippen LogP contribution in [0.1, 0.15) is 25.5 Å². The van der Waals surface area contributed by atoms with Crippen LogP contribution < -0.4 is 5.32 Å². The summed E-state index contributed by atoms with van der Waals surface area (Å²) >= 11 is 0. The lowest BCUT2D eigenvalue weighted by Gasteiger charge is -2.39. The lowest BCUT2D eigenvalue weighted by molar-refractivity contribution is -0.134. The summed E-state index contributed by atoms with van der Waals surface area (Å²) in [5.41, 5.74) is -0.122. The van der Waals surface area contributed by atoms with Gasteiger partial charge in [0, 0.05) is 6.20 Å². The third kappa shape index (κ3) is 2.26. The molecule has 1 amide bonds. The molecule has 0 atom stereocenters. The Bertz CT molecular complexity index is 445. The summed E-state index contributed by atoms with van der Waals surface area (Å²) < 4.78 is 0. The van der Waals surface area contributed by atoms with E-state index in [9.17, 15) is 4.79 Å². The fraction of sp³-hybridized carbons (Fsp3) is 0.500. The maximum absolute atomic E-state index is 11.9. The Morgan fingerprint density at radius 1 is 1.71 bits per heavy atom. The molecule has 0 unspecified atom stereocenters. The van der Waals surface area contributed by atoms with Gasteiger partial charge in [-0.3, -0.25) is 4.79 Å². The first-order chi connectivity index (χ1) is 8.16. The average molecular weight is 230 g/mol. The molecule has 0 aliphatic heterocycles. The summed E-state index contributed by atoms with van der Waals surface area (Å²) in [6, 6.07) is 5.68. The molecule has 1 N–H and O–H groups in total. The minimum absolute atomic E-state index is 0.191. The van der Waals surface area contributed by atoms with E-state index in [2.05, 4.69) is 21.6 Å². The Labute approximate surface area is 99.9 Å². The van der Waals surface area contributed by atoms with Crippen molar-refractivity contribution in [2.24, 2.45) is 11.3 Å². The Morgan fingerprint density at radius 3 is 3.00 bits per heavy atom. The molecule has 2 rings (SSSR count). The van der Waals surface area contributed by atoms with E-state index in [4.69, 9.17) is 5.26 Å². The Balaban J connectivity index is 1.92. The minimum atomic E-state index is -0.818. The van der Waals surface area contributed by atoms with Crippen LogP contribution in [0, 0.1) is 22.7 Å². The number of carbonyl (C=O) groups is 1. The van der Waals surface area contributed by atoms with Gasteiger partial charge in [-0.2, -0.15) is 15.5 Å². The van der Waals surface area contributed by atoms with Crippen LogP contribution in [0.3, 0.4) is 0 Å². The number of hydrogen-bond acceptors (Lipinski definition) is 4. The highest BCUT2D eigenvalue weighted by molar-refractivity contribution is 5.86. The average Bonchev–Trinajstić information content (AvgIpc) is 2.33. The number of aromatic nitrogens is 2. The van der Waals surface area contributed by atoms with E-state index in [-0.39, 0.29) is 5.91 Å². The van der Waals surface area contributed by atoms with E-state index in [0.717, 1.165) is 0 Å². The van der Waals surface area contributed by atoms with Gasteiger partial charge >= 0.3 is 0 Å². The molecule has 5 heteroatoms. The molecule has 1 fully saturated rings. The number of nitrogens with one attached hydrogen (secondary N) is 1. The van der Waals surface area contributed by atoms with Crippen LogP contribution >= 0.6 is 0 Å². The molecule has 5 nitrogen and oxygen atoms in total. The van der Waals surface area contributed by atoms with Crippen LogP contribution in [0.5, 0.6) is 0 Å². The van der Waals surface area contributed by atoms with Crippen LogP contribution in [0.2, 0.25) is 0 Å². The largest absolute Gasteiger partial charge is 0.349 e. The summed E-state index contributed by atoms with van der Waals surface area (Å²) in [7, 11) is 0. The van der Waals surface area contributed by atoms with E-state index in [1.807, 2.05) is 6.92 Å². The first-order valence-electron chi connectivity index (χ1n) is 5.62. The van der Waals surface area contributed by atoms with Crippen molar-refractivity contribution < 1.29 is 4.79 Å². The first kappa shape index (κ1) is 11.5. The van der Waals surface area contributed by atoms with Crippen LogP contribution in [-0.2, 0) is 11.3 Å². The van der Waals surface area contributed by atoms with Gasteiger partial charge in [-0.15, -0.1) is 0 Å². The maximum atomic E-state index is 11.9. The van der Waals surface area contributed by atoms with Gasteiger partial charge in [0.25, 0.3) is 0 Å². The van der Waals surface area contributed by atoms with Crippen molar-refractivity contribution in [1.82, 2.24) is 15.5 Å². The minimum Gasteiger partial charge on any atom is -0.349 e. The zero-order valence-corrected chi connectivity index (χ0v) is 9.68. The predicted octanol–water partition coefficient (Wildman–Crippen LogP) is 1.03. The second-order valence-corrected chi connectivity index (χ2v) is 4.61. The quantitative estimate of drug-likeness (QED) is 0.841. The third-order valence-electron chi connectivity index (χ3n) is 3.10. The highest BCUT2D eigenvalue weighted by atomic mass is 16.2. The van der Waals surface area contributed by atoms with Crippen LogP contribution in [0.4, 0.5) is 0 Å². The molecule has 1 aliphatic rings. The molecule has 1 aromatic heterocycles. The number of hydrogen-bond donors (Lipinski definition) is 1. The molecule has 0 bridgehead atoms. The summed E-state index contributed by atoms with van der Waals surface area (Å²) in [5.74, 6) is 0.265. The monoisotopic (exact) mass is 230 g/mol. The van der Waals surface area contributed by atoms with Crippen LogP contribution in [0.25, 0.3) is 0 Å². The normalized spacial score (nSPS) is 26.7. The Kier molecular flexibility index (Phi) is 3.05. The van der Waals surface area contributed by atoms with Gasteiger partial charge in [0.2, 0.25) is 5.91 Å². The Morgan fingerprint density at radius 2 is 2.47 bits per heavy atom. The fourth-order valence-electron chi connectivity index (χ4n) is 2.23. The molecule has 1 aromatic rings. The highest BCUT2D eigenvalue weighted by Crippen LogP contribution is 2.45. The second kappa shape index (κ2) is 4.50. The Hall–Kier alpha value is -1.96. The standard InChI is InChI=1S/C12H14N4O/c1-9-5-12(6-9,8-13)11(17)14-7-10-3-2-4-15-16-10/h2-4,9H,5-7H2,1H3,(H,14,17). The van der Waals surface area contributed by atoms with Crippen molar-refractivity contribution >= 4 is 5.91 Å². The van der Waals surface area contributed by atoms with Crippen LogP contribution in [0.15, 0.2) is 18.3 Å². The van der Waals surface area contributed by atoms with Crippen molar-refractivity contribution in [3.05, 3.63) is 24.0 Å². The van der Waals surface area contributed by atoms with E-state index < -0.39 is 5.41 Å². The molecule has 0 radical (unpaired) electrons. The van der Waals surface area contributed by atoms with Gasteiger partial charge in [-0.1, -0.05) is 6.92 Å². The topological polar surface area (TPSA) is 78.7 Å². The van der Waals surface area contributed by atoms with E-state index in [0.29, 0.717) is 31.0 Å². The number of nitrogens with zero attached hydrogens (tertiary/aromatic N) is 3. The first-order valence-corrected chi connectivity index (χ1v) is 5.62. The summed E-state index contributed by atoms with van der Waals surface area (Å²) in [6.45, 7) is 2.37. The van der Waals surface area contributed by atoms with Crippen LogP contribution in [-0.4, -0.2) is 16.1 Å². The molecule has 1 saturated carbocycles. The van der Waals surface area contributed by atoms with Crippen molar-refractivity contribution in [3.8, 4) is 6.07 Å². The zero-order chi connectivity index (χ0) is 12.3. The lowest BCUT2D eigenvalue weighted by atomic mass is 9.63. The number of carbonyl (C=O) groups excluding carboxylic acids is 1. The molecule has 0 saturated heterocycles. The van der Waals surface area contributed by atoms with Gasteiger partial charge in [-0.05, 0) is 30.9 Å². The molecule has 0 aromatic carbocycles. The fourth-order valence-corrected chi connectivity index (χ4v) is 2.23. The summed E-state index contributed by atoms with van der Waals surface area (Å²) in [4.78, 5) is 11.9. The molecule has 1 aliphatic carbocycles. The maximum Gasteiger partial charge on any atom is 0.240 e. The lowest BCUT2D eigenvalue weighted by Crippen LogP contribution is -2.47. The van der Waals surface area contributed by atoms with Crippen molar-refractivity contribution in [2.75, 3.05) is 0 Å². The SMILES string of the molecule is CC1CC(C#N)(C(=O)NCc2cccnn2)C1. The second-order valence-electron chi connectivity index (χ2n) is 4.61. The van der Waals surface area contributed by atoms with Gasteiger partial charge in [-0.25, -0.2) is 0 Å². The highest BCUT2D eigenvalue weighted by Gasteiger charge is 2.48. The van der Waals surface area contributed by atoms with E-state index in [1.165, 1.54) is 0 Å².